The Bertz CT molecular complexity index is 450. The van der Waals surface area contributed by atoms with Crippen LogP contribution in [-0.2, 0) is 4.79 Å². The molecule has 1 aromatic rings. The summed E-state index contributed by atoms with van der Waals surface area (Å²) in [4.78, 5) is 13.8. The lowest BCUT2D eigenvalue weighted by molar-refractivity contribution is -0.925. The molecule has 1 aliphatic rings. The summed E-state index contributed by atoms with van der Waals surface area (Å²) >= 11 is 3.40. The Labute approximate surface area is 129 Å². The smallest absolute Gasteiger partial charge is 0.282 e. The summed E-state index contributed by atoms with van der Waals surface area (Å²) in [6.07, 6.45) is 1.28. The maximum atomic E-state index is 12.4. The zero-order chi connectivity index (χ0) is 14.7. The van der Waals surface area contributed by atoms with E-state index in [2.05, 4.69) is 35.1 Å². The lowest BCUT2D eigenvalue weighted by Gasteiger charge is -2.35. The number of hydrogen-bond acceptors (Lipinski definition) is 1. The Balaban J connectivity index is 1.96. The first-order chi connectivity index (χ1) is 9.45. The molecule has 2 N–H and O–H groups in total. The molecule has 3 nitrogen and oxygen atoms in total. The number of benzene rings is 1. The predicted molar refractivity (Wildman–Crippen MR) is 85.9 cm³/mol. The van der Waals surface area contributed by atoms with Gasteiger partial charge in [-0.2, -0.15) is 0 Å². The average Bonchev–Trinajstić information content (AvgIpc) is 2.39. The second kappa shape index (κ2) is 6.72. The molecule has 0 bridgehead atoms. The molecule has 1 saturated heterocycles. The first kappa shape index (κ1) is 15.5. The Morgan fingerprint density at radius 2 is 1.80 bits per heavy atom. The van der Waals surface area contributed by atoms with Crippen molar-refractivity contribution in [1.82, 2.24) is 0 Å². The molecule has 0 aliphatic carbocycles. The summed E-state index contributed by atoms with van der Waals surface area (Å²) in [5, 5.41) is 3.02. The summed E-state index contributed by atoms with van der Waals surface area (Å²) in [7, 11) is 0. The van der Waals surface area contributed by atoms with Crippen LogP contribution in [0.3, 0.4) is 0 Å². The molecule has 1 unspecified atom stereocenters. The van der Waals surface area contributed by atoms with Gasteiger partial charge in [0.2, 0.25) is 0 Å². The minimum Gasteiger partial charge on any atom is -0.324 e. The molecule has 0 spiro atoms. The highest BCUT2D eigenvalue weighted by Gasteiger charge is 2.32. The van der Waals surface area contributed by atoms with E-state index in [9.17, 15) is 4.79 Å². The number of piperidine rings is 1. The number of halogens is 1. The lowest BCUT2D eigenvalue weighted by atomic mass is 9.91. The van der Waals surface area contributed by atoms with Crippen LogP contribution in [-0.4, -0.2) is 25.0 Å². The molecule has 2 rings (SSSR count). The number of quaternary nitrogens is 1. The topological polar surface area (TPSA) is 33.5 Å². The molecular formula is C16H24BrN2O+. The first-order valence-corrected chi connectivity index (χ1v) is 8.16. The number of rotatable bonds is 3. The summed E-state index contributed by atoms with van der Waals surface area (Å²) < 4.78 is 1.02. The molecule has 0 radical (unpaired) electrons. The SMILES string of the molecule is C[C@@H]1C[C@H](C)C[NH+]([C@@H](C)C(=O)Nc2ccc(Br)cc2)C1. The molecule has 4 atom stereocenters. The lowest BCUT2D eigenvalue weighted by Crippen LogP contribution is -3.18. The van der Waals surface area contributed by atoms with Gasteiger partial charge in [0, 0.05) is 22.0 Å². The van der Waals surface area contributed by atoms with Crippen LogP contribution in [0.5, 0.6) is 0 Å². The van der Waals surface area contributed by atoms with Crippen LogP contribution in [0.4, 0.5) is 5.69 Å². The van der Waals surface area contributed by atoms with E-state index in [1.165, 1.54) is 11.3 Å². The molecule has 1 aliphatic heterocycles. The van der Waals surface area contributed by atoms with E-state index < -0.39 is 0 Å². The van der Waals surface area contributed by atoms with Gasteiger partial charge in [-0.3, -0.25) is 4.79 Å². The van der Waals surface area contributed by atoms with Gasteiger partial charge in [-0.25, -0.2) is 0 Å². The highest BCUT2D eigenvalue weighted by atomic mass is 79.9. The number of nitrogens with one attached hydrogen (secondary N) is 2. The van der Waals surface area contributed by atoms with Crippen molar-refractivity contribution in [1.29, 1.82) is 0 Å². The summed E-state index contributed by atoms with van der Waals surface area (Å²) in [5.74, 6) is 1.52. The van der Waals surface area contributed by atoms with E-state index in [1.807, 2.05) is 31.2 Å². The predicted octanol–water partition coefficient (Wildman–Crippen LogP) is 2.34. The third kappa shape index (κ3) is 4.06. The minimum atomic E-state index is 0.00356. The Morgan fingerprint density at radius 3 is 2.35 bits per heavy atom. The van der Waals surface area contributed by atoms with Crippen LogP contribution < -0.4 is 10.2 Å². The maximum Gasteiger partial charge on any atom is 0.282 e. The molecule has 0 aromatic heterocycles. The fraction of sp³-hybridized carbons (Fsp3) is 0.562. The van der Waals surface area contributed by atoms with E-state index >= 15 is 0 Å². The molecular weight excluding hydrogens is 316 g/mol. The molecule has 4 heteroatoms. The number of amides is 1. The van der Waals surface area contributed by atoms with Crippen molar-refractivity contribution in [3.8, 4) is 0 Å². The minimum absolute atomic E-state index is 0.00356. The van der Waals surface area contributed by atoms with Crippen molar-refractivity contribution in [2.45, 2.75) is 33.2 Å². The molecule has 1 amide bonds. The van der Waals surface area contributed by atoms with Gasteiger partial charge in [0.1, 0.15) is 0 Å². The van der Waals surface area contributed by atoms with Crippen LogP contribution >= 0.6 is 15.9 Å². The Kier molecular flexibility index (Phi) is 5.22. The Hall–Kier alpha value is -0.870. The standard InChI is InChI=1S/C16H23BrN2O/c1-11-8-12(2)10-19(9-11)13(3)16(20)18-15-6-4-14(17)5-7-15/h4-7,11-13H,8-10H2,1-3H3,(H,18,20)/p+1/t11-,12+,13-/m0/s1. The normalized spacial score (nSPS) is 27.9. The zero-order valence-corrected chi connectivity index (χ0v) is 14.0. The quantitative estimate of drug-likeness (QED) is 0.870. The van der Waals surface area contributed by atoms with Crippen LogP contribution in [0.1, 0.15) is 27.2 Å². The first-order valence-electron chi connectivity index (χ1n) is 7.36. The highest BCUT2D eigenvalue weighted by Crippen LogP contribution is 2.15. The van der Waals surface area contributed by atoms with Crippen molar-refractivity contribution in [3.63, 3.8) is 0 Å². The average molecular weight is 340 g/mol. The number of likely N-dealkylation sites (tertiary alicyclic amines) is 1. The van der Waals surface area contributed by atoms with Crippen LogP contribution in [0.25, 0.3) is 0 Å². The Morgan fingerprint density at radius 1 is 1.25 bits per heavy atom. The van der Waals surface area contributed by atoms with Crippen LogP contribution in [0, 0.1) is 11.8 Å². The molecule has 20 heavy (non-hydrogen) atoms. The van der Waals surface area contributed by atoms with Crippen molar-refractivity contribution in [2.75, 3.05) is 18.4 Å². The van der Waals surface area contributed by atoms with Gasteiger partial charge in [-0.05, 0) is 37.6 Å². The van der Waals surface area contributed by atoms with E-state index in [0.29, 0.717) is 11.8 Å². The van der Waals surface area contributed by atoms with Crippen molar-refractivity contribution in [2.24, 2.45) is 11.8 Å². The summed E-state index contributed by atoms with van der Waals surface area (Å²) in [6, 6.07) is 7.73. The van der Waals surface area contributed by atoms with E-state index in [-0.39, 0.29) is 11.9 Å². The third-order valence-electron chi connectivity index (χ3n) is 4.14. The van der Waals surface area contributed by atoms with Crippen LogP contribution in [0.15, 0.2) is 28.7 Å². The number of hydrogen-bond donors (Lipinski definition) is 2. The molecule has 1 heterocycles. The van der Waals surface area contributed by atoms with Gasteiger partial charge in [0.15, 0.2) is 6.04 Å². The molecule has 1 aromatic carbocycles. The van der Waals surface area contributed by atoms with Crippen molar-refractivity contribution < 1.29 is 9.69 Å². The van der Waals surface area contributed by atoms with Crippen molar-refractivity contribution in [3.05, 3.63) is 28.7 Å². The highest BCUT2D eigenvalue weighted by molar-refractivity contribution is 9.10. The monoisotopic (exact) mass is 339 g/mol. The van der Waals surface area contributed by atoms with E-state index in [4.69, 9.17) is 0 Å². The van der Waals surface area contributed by atoms with Gasteiger partial charge >= 0.3 is 0 Å². The van der Waals surface area contributed by atoms with Crippen LogP contribution in [0.2, 0.25) is 0 Å². The van der Waals surface area contributed by atoms with Gasteiger partial charge < -0.3 is 10.2 Å². The van der Waals surface area contributed by atoms with Gasteiger partial charge in [-0.15, -0.1) is 0 Å². The maximum absolute atomic E-state index is 12.4. The second-order valence-electron chi connectivity index (χ2n) is 6.23. The molecule has 110 valence electrons. The fourth-order valence-electron chi connectivity index (χ4n) is 3.15. The fourth-order valence-corrected chi connectivity index (χ4v) is 3.42. The molecule has 0 saturated carbocycles. The number of carbonyl (C=O) groups excluding carboxylic acids is 1. The number of anilines is 1. The van der Waals surface area contributed by atoms with E-state index in [0.717, 1.165) is 23.2 Å². The zero-order valence-electron chi connectivity index (χ0n) is 12.4. The molecule has 1 fully saturated rings. The summed E-state index contributed by atoms with van der Waals surface area (Å²) in [6.45, 7) is 8.80. The van der Waals surface area contributed by atoms with Gasteiger partial charge in [-0.1, -0.05) is 29.8 Å². The van der Waals surface area contributed by atoms with E-state index in [1.54, 1.807) is 0 Å². The largest absolute Gasteiger partial charge is 0.324 e. The second-order valence-corrected chi connectivity index (χ2v) is 7.15. The van der Waals surface area contributed by atoms with Gasteiger partial charge in [0.25, 0.3) is 5.91 Å². The third-order valence-corrected chi connectivity index (χ3v) is 4.67. The van der Waals surface area contributed by atoms with Gasteiger partial charge in [0.05, 0.1) is 13.1 Å². The number of carbonyl (C=O) groups is 1. The van der Waals surface area contributed by atoms with Crippen molar-refractivity contribution >= 4 is 27.5 Å². The summed E-state index contributed by atoms with van der Waals surface area (Å²) in [5.41, 5.74) is 0.863.